The van der Waals surface area contributed by atoms with Crippen molar-refractivity contribution in [2.24, 2.45) is 16.6 Å². The lowest BCUT2D eigenvalue weighted by atomic mass is 10.0. The molecule has 0 aliphatic carbocycles. The number of nitrogens with two attached hydrogens (primary N) is 1. The van der Waals surface area contributed by atoms with Crippen molar-refractivity contribution < 1.29 is 9.53 Å². The van der Waals surface area contributed by atoms with Crippen molar-refractivity contribution in [1.82, 2.24) is 10.6 Å². The Morgan fingerprint density at radius 3 is 2.67 bits per heavy atom. The van der Waals surface area contributed by atoms with E-state index in [-0.39, 0.29) is 6.61 Å². The number of amides is 1. The minimum atomic E-state index is -0.487. The van der Waals surface area contributed by atoms with E-state index in [0.717, 1.165) is 17.9 Å². The molecule has 6 nitrogen and oxygen atoms in total. The van der Waals surface area contributed by atoms with Crippen LogP contribution in [-0.2, 0) is 11.3 Å². The van der Waals surface area contributed by atoms with Gasteiger partial charge in [-0.3, -0.25) is 9.79 Å². The Labute approximate surface area is 144 Å². The summed E-state index contributed by atoms with van der Waals surface area (Å²) in [5, 5.41) is 6.68. The fourth-order valence-corrected chi connectivity index (χ4v) is 2.17. The second-order valence-corrected chi connectivity index (χ2v) is 6.34. The summed E-state index contributed by atoms with van der Waals surface area (Å²) in [7, 11) is 1.76. The summed E-state index contributed by atoms with van der Waals surface area (Å²) in [6, 6.07) is 7.91. The molecule has 1 aromatic rings. The molecule has 0 aromatic heterocycles. The predicted molar refractivity (Wildman–Crippen MR) is 98.0 cm³/mol. The van der Waals surface area contributed by atoms with E-state index in [2.05, 4.69) is 36.4 Å². The summed E-state index contributed by atoms with van der Waals surface area (Å²) >= 11 is 0. The number of rotatable bonds is 9. The van der Waals surface area contributed by atoms with E-state index < -0.39 is 5.91 Å². The molecule has 0 heterocycles. The molecule has 0 saturated carbocycles. The van der Waals surface area contributed by atoms with Crippen LogP contribution in [0.1, 0.15) is 39.2 Å². The highest BCUT2D eigenvalue weighted by molar-refractivity contribution is 5.79. The molecule has 0 spiro atoms. The molecule has 0 aliphatic rings. The van der Waals surface area contributed by atoms with Crippen molar-refractivity contribution in [1.29, 1.82) is 0 Å². The number of guanidine groups is 1. The van der Waals surface area contributed by atoms with Crippen molar-refractivity contribution in [3.05, 3.63) is 29.8 Å². The highest BCUT2D eigenvalue weighted by Gasteiger charge is 2.07. The SMILES string of the molecule is CN=C(NCc1cccc(OCC(N)=O)c1)NC(C)CCC(C)C. The van der Waals surface area contributed by atoms with Crippen LogP contribution in [0.15, 0.2) is 29.3 Å². The highest BCUT2D eigenvalue weighted by atomic mass is 16.5. The normalized spacial score (nSPS) is 12.8. The number of ether oxygens (including phenoxy) is 1. The molecule has 1 aromatic carbocycles. The van der Waals surface area contributed by atoms with E-state index in [4.69, 9.17) is 10.5 Å². The van der Waals surface area contributed by atoms with Gasteiger partial charge in [0.2, 0.25) is 0 Å². The molecule has 0 fully saturated rings. The van der Waals surface area contributed by atoms with Gasteiger partial charge in [-0.05, 0) is 43.4 Å². The second kappa shape index (κ2) is 10.5. The lowest BCUT2D eigenvalue weighted by Gasteiger charge is -2.19. The van der Waals surface area contributed by atoms with Gasteiger partial charge in [-0.2, -0.15) is 0 Å². The third-order valence-electron chi connectivity index (χ3n) is 3.52. The minimum Gasteiger partial charge on any atom is -0.484 e. The standard InChI is InChI=1S/C18H30N4O2/c1-13(2)8-9-14(3)22-18(20-4)21-11-15-6-5-7-16(10-15)24-12-17(19)23/h5-7,10,13-14H,8-9,11-12H2,1-4H3,(H2,19,23)(H2,20,21,22). The van der Waals surface area contributed by atoms with Gasteiger partial charge in [0.15, 0.2) is 12.6 Å². The van der Waals surface area contributed by atoms with E-state index in [1.54, 1.807) is 13.1 Å². The van der Waals surface area contributed by atoms with Crippen molar-refractivity contribution in [2.45, 2.75) is 46.2 Å². The van der Waals surface area contributed by atoms with Crippen LogP contribution in [0.25, 0.3) is 0 Å². The summed E-state index contributed by atoms with van der Waals surface area (Å²) in [5.74, 6) is 1.61. The lowest BCUT2D eigenvalue weighted by molar-refractivity contribution is -0.119. The molecule has 0 aliphatic heterocycles. The average Bonchev–Trinajstić information content (AvgIpc) is 2.55. The maximum Gasteiger partial charge on any atom is 0.255 e. The predicted octanol–water partition coefficient (Wildman–Crippen LogP) is 2.04. The smallest absolute Gasteiger partial charge is 0.255 e. The van der Waals surface area contributed by atoms with Crippen LogP contribution < -0.4 is 21.1 Å². The van der Waals surface area contributed by atoms with E-state index in [0.29, 0.717) is 24.3 Å². The van der Waals surface area contributed by atoms with Gasteiger partial charge in [-0.25, -0.2) is 0 Å². The third-order valence-corrected chi connectivity index (χ3v) is 3.52. The van der Waals surface area contributed by atoms with Gasteiger partial charge >= 0.3 is 0 Å². The molecular formula is C18H30N4O2. The number of primary amides is 1. The molecule has 24 heavy (non-hydrogen) atoms. The Morgan fingerprint density at radius 2 is 2.04 bits per heavy atom. The zero-order chi connectivity index (χ0) is 17.9. The van der Waals surface area contributed by atoms with Crippen molar-refractivity contribution in [3.8, 4) is 5.75 Å². The number of hydrogen-bond acceptors (Lipinski definition) is 3. The first-order valence-electron chi connectivity index (χ1n) is 8.38. The molecule has 4 N–H and O–H groups in total. The highest BCUT2D eigenvalue weighted by Crippen LogP contribution is 2.13. The maximum atomic E-state index is 10.8. The zero-order valence-electron chi connectivity index (χ0n) is 15.1. The molecule has 0 saturated heterocycles. The number of hydrogen-bond donors (Lipinski definition) is 3. The van der Waals surface area contributed by atoms with Gasteiger partial charge in [0.05, 0.1) is 0 Å². The number of nitrogens with one attached hydrogen (secondary N) is 2. The third kappa shape index (κ3) is 8.41. The van der Waals surface area contributed by atoms with Crippen molar-refractivity contribution in [3.63, 3.8) is 0 Å². The van der Waals surface area contributed by atoms with Crippen molar-refractivity contribution in [2.75, 3.05) is 13.7 Å². The molecular weight excluding hydrogens is 304 g/mol. The molecule has 134 valence electrons. The van der Waals surface area contributed by atoms with Gasteiger partial charge in [-0.15, -0.1) is 0 Å². The summed E-state index contributed by atoms with van der Waals surface area (Å²) in [6.45, 7) is 7.12. The average molecular weight is 334 g/mol. The first-order valence-corrected chi connectivity index (χ1v) is 8.38. The molecule has 0 bridgehead atoms. The Morgan fingerprint density at radius 1 is 1.29 bits per heavy atom. The quantitative estimate of drug-likeness (QED) is 0.476. The summed E-state index contributed by atoms with van der Waals surface area (Å²) in [4.78, 5) is 15.0. The van der Waals surface area contributed by atoms with E-state index in [1.807, 2.05) is 18.2 Å². The second-order valence-electron chi connectivity index (χ2n) is 6.34. The van der Waals surface area contributed by atoms with Gasteiger partial charge in [0.25, 0.3) is 5.91 Å². The Bertz CT molecular complexity index is 544. The van der Waals surface area contributed by atoms with Gasteiger partial charge in [0, 0.05) is 19.6 Å². The van der Waals surface area contributed by atoms with Crippen LogP contribution in [0.4, 0.5) is 0 Å². The Hall–Kier alpha value is -2.24. The molecule has 1 unspecified atom stereocenters. The van der Waals surface area contributed by atoms with Crippen LogP contribution >= 0.6 is 0 Å². The summed E-state index contributed by atoms with van der Waals surface area (Å²) in [5.41, 5.74) is 6.12. The Kier molecular flexibility index (Phi) is 8.68. The van der Waals surface area contributed by atoms with Crippen LogP contribution in [0.3, 0.4) is 0 Å². The van der Waals surface area contributed by atoms with Crippen LogP contribution in [-0.4, -0.2) is 31.6 Å². The number of carbonyl (C=O) groups is 1. The molecule has 1 atom stereocenters. The van der Waals surface area contributed by atoms with Gasteiger partial charge < -0.3 is 21.1 Å². The van der Waals surface area contributed by atoms with Crippen LogP contribution in [0.2, 0.25) is 0 Å². The van der Waals surface area contributed by atoms with Gasteiger partial charge in [-0.1, -0.05) is 26.0 Å². The number of carbonyl (C=O) groups excluding carboxylic acids is 1. The first kappa shape index (κ1) is 19.8. The summed E-state index contributed by atoms with van der Waals surface area (Å²) in [6.07, 6.45) is 2.29. The lowest BCUT2D eigenvalue weighted by Crippen LogP contribution is -2.41. The fourth-order valence-electron chi connectivity index (χ4n) is 2.17. The zero-order valence-corrected chi connectivity index (χ0v) is 15.1. The monoisotopic (exact) mass is 334 g/mol. The Balaban J connectivity index is 2.48. The number of aliphatic imine (C=N–C) groups is 1. The first-order chi connectivity index (χ1) is 11.4. The summed E-state index contributed by atoms with van der Waals surface area (Å²) < 4.78 is 5.31. The van der Waals surface area contributed by atoms with Crippen molar-refractivity contribution >= 4 is 11.9 Å². The van der Waals surface area contributed by atoms with E-state index in [9.17, 15) is 4.79 Å². The van der Waals surface area contributed by atoms with E-state index >= 15 is 0 Å². The maximum absolute atomic E-state index is 10.8. The molecule has 0 radical (unpaired) electrons. The largest absolute Gasteiger partial charge is 0.484 e. The molecule has 1 amide bonds. The molecule has 1 rings (SSSR count). The van der Waals surface area contributed by atoms with E-state index in [1.165, 1.54) is 6.42 Å². The number of nitrogens with zero attached hydrogens (tertiary/aromatic N) is 1. The topological polar surface area (TPSA) is 88.7 Å². The van der Waals surface area contributed by atoms with Crippen LogP contribution in [0, 0.1) is 5.92 Å². The van der Waals surface area contributed by atoms with Crippen LogP contribution in [0.5, 0.6) is 5.75 Å². The number of benzene rings is 1. The minimum absolute atomic E-state index is 0.118. The fraction of sp³-hybridized carbons (Fsp3) is 0.556. The van der Waals surface area contributed by atoms with Gasteiger partial charge in [0.1, 0.15) is 5.75 Å². The molecule has 6 heteroatoms.